The Hall–Kier alpha value is -2.06. The molecule has 40 heavy (non-hydrogen) atoms. The van der Waals surface area contributed by atoms with E-state index >= 15 is 0 Å². The third kappa shape index (κ3) is 27.5. The van der Waals surface area contributed by atoms with Gasteiger partial charge in [0.1, 0.15) is 17.3 Å². The zero-order chi connectivity index (χ0) is 30.8. The van der Waals surface area contributed by atoms with Gasteiger partial charge in [-0.25, -0.2) is 0 Å². The fourth-order valence-electron chi connectivity index (χ4n) is 3.68. The van der Waals surface area contributed by atoms with Gasteiger partial charge in [-0.2, -0.15) is 0 Å². The summed E-state index contributed by atoms with van der Waals surface area (Å²) in [5, 5.41) is 0. The first-order valence-electron chi connectivity index (χ1n) is 14.7. The number of hydrogen-bond acceptors (Lipinski definition) is 6. The van der Waals surface area contributed by atoms with E-state index in [2.05, 4.69) is 0 Å². The molecule has 233 valence electrons. The molecule has 0 atom stereocenters. The molecule has 0 unspecified atom stereocenters. The largest absolute Gasteiger partial charge is 3.00 e. The molecule has 0 aromatic rings. The van der Waals surface area contributed by atoms with E-state index in [1.807, 2.05) is 41.5 Å². The van der Waals surface area contributed by atoms with Crippen LogP contribution >= 0.6 is 0 Å². The summed E-state index contributed by atoms with van der Waals surface area (Å²) in [6.07, 6.45) is 5.86. The number of Topliss-reactive ketones (excluding diaryl/α,β-unsaturated/α-hetero) is 3. The maximum absolute atomic E-state index is 11.4. The number of ketones is 3. The van der Waals surface area contributed by atoms with Gasteiger partial charge < -0.3 is 14.7 Å². The number of hydrogen-bond donors (Lipinski definition) is 0. The summed E-state index contributed by atoms with van der Waals surface area (Å²) < 4.78 is 0. The van der Waals surface area contributed by atoms with E-state index in [1.165, 1.54) is 20.8 Å². The van der Waals surface area contributed by atoms with Gasteiger partial charge in [-0.1, -0.05) is 41.5 Å². The average Bonchev–Trinajstić information content (AvgIpc) is 2.83. The Morgan fingerprint density at radius 2 is 0.525 bits per heavy atom. The molecule has 0 heterocycles. The Balaban J connectivity index is -0.000000240. The molecule has 0 aliphatic heterocycles. The summed E-state index contributed by atoms with van der Waals surface area (Å²) in [5.41, 5.74) is 0. The van der Waals surface area contributed by atoms with Gasteiger partial charge in [0.2, 0.25) is 17.7 Å². The van der Waals surface area contributed by atoms with Crippen molar-refractivity contribution in [3.8, 4) is 0 Å². The van der Waals surface area contributed by atoms with Crippen LogP contribution in [0.3, 0.4) is 0 Å². The molecule has 3 amide bonds. The van der Waals surface area contributed by atoms with Crippen molar-refractivity contribution in [2.24, 2.45) is 0 Å². The molecule has 0 bridgehead atoms. The summed E-state index contributed by atoms with van der Waals surface area (Å²) in [6.45, 7) is 21.1. The molecule has 10 heteroatoms. The minimum absolute atomic E-state index is 0. The molecule has 0 N–H and O–H groups in total. The van der Waals surface area contributed by atoms with Crippen LogP contribution in [0, 0.1) is 0 Å². The summed E-state index contributed by atoms with van der Waals surface area (Å²) in [5.74, 6) is -0.254. The third-order valence-corrected chi connectivity index (χ3v) is 5.22. The number of rotatable bonds is 18. The number of carbonyl (C=O) groups excluding carboxylic acids is 6. The minimum atomic E-state index is -0.0535. The quantitative estimate of drug-likeness (QED) is 0.162. The molecule has 0 saturated carbocycles. The maximum Gasteiger partial charge on any atom is 3.00 e. The minimum Gasteiger partial charge on any atom is -0.342 e. The molecule has 0 fully saturated rings. The van der Waals surface area contributed by atoms with E-state index in [1.54, 1.807) is 14.7 Å². The molecule has 0 aliphatic rings. The Labute approximate surface area is 254 Å². The van der Waals surface area contributed by atoms with Crippen LogP contribution in [0.5, 0.6) is 0 Å². The van der Waals surface area contributed by atoms with Gasteiger partial charge in [0.15, 0.2) is 0 Å². The fourth-order valence-corrected chi connectivity index (χ4v) is 3.68. The van der Waals surface area contributed by atoms with E-state index < -0.39 is 0 Å². The average molecular weight is 612 g/mol. The third-order valence-electron chi connectivity index (χ3n) is 5.22. The first kappa shape index (κ1) is 44.9. The Morgan fingerprint density at radius 1 is 0.375 bits per heavy atom. The van der Waals surface area contributed by atoms with Gasteiger partial charge in [-0.05, 0) is 59.3 Å². The molecular weight excluding hydrogens is 554 g/mol. The zero-order valence-electron chi connectivity index (χ0n) is 26.8. The molecule has 0 aromatic heterocycles. The van der Waals surface area contributed by atoms with Crippen LogP contribution < -0.4 is 0 Å². The fraction of sp³-hybridized carbons (Fsp3) is 0.800. The summed E-state index contributed by atoms with van der Waals surface area (Å²) in [6, 6.07) is 0. The van der Waals surface area contributed by atoms with E-state index in [0.29, 0.717) is 0 Å². The van der Waals surface area contributed by atoms with Crippen LogP contribution in [-0.4, -0.2) is 89.0 Å². The van der Waals surface area contributed by atoms with Crippen LogP contribution in [0.1, 0.15) is 120 Å². The van der Waals surface area contributed by atoms with E-state index in [4.69, 9.17) is 0 Å². The summed E-state index contributed by atoms with van der Waals surface area (Å²) in [7, 11) is 0. The van der Waals surface area contributed by atoms with Crippen molar-refractivity contribution in [2.75, 3.05) is 39.3 Å². The van der Waals surface area contributed by atoms with Gasteiger partial charge in [-0.15, -0.1) is 0 Å². The Bertz CT molecular complexity index is 617. The topological polar surface area (TPSA) is 112 Å². The van der Waals surface area contributed by atoms with E-state index in [9.17, 15) is 28.8 Å². The summed E-state index contributed by atoms with van der Waals surface area (Å²) in [4.78, 5) is 71.8. The molecule has 0 spiro atoms. The number of nitrogens with zero attached hydrogens (tertiary/aromatic N) is 3. The standard InChI is InChI=1S/3C10H19NO2.Fe/c3*1-4-6-11(7-5-2)10(13)8-9(3)12;/h3*4-8H2,1-3H3;/q;;;+3. The second-order valence-electron chi connectivity index (χ2n) is 9.78. The van der Waals surface area contributed by atoms with Crippen molar-refractivity contribution in [1.82, 2.24) is 14.7 Å². The molecule has 0 aliphatic carbocycles. The molecule has 1 radical (unpaired) electrons. The monoisotopic (exact) mass is 611 g/mol. The van der Waals surface area contributed by atoms with Crippen LogP contribution in [0.2, 0.25) is 0 Å². The molecule has 0 aromatic carbocycles. The normalized spacial score (nSPS) is 9.53. The van der Waals surface area contributed by atoms with Crippen molar-refractivity contribution < 1.29 is 45.8 Å². The number of amides is 3. The van der Waals surface area contributed by atoms with Crippen LogP contribution in [-0.2, 0) is 45.8 Å². The molecule has 0 rings (SSSR count). The second-order valence-corrected chi connectivity index (χ2v) is 9.78. The Kier molecular flexibility index (Phi) is 33.6. The predicted octanol–water partition coefficient (Wildman–Crippen LogP) is 4.84. The Morgan fingerprint density at radius 3 is 0.625 bits per heavy atom. The van der Waals surface area contributed by atoms with Crippen LogP contribution in [0.25, 0.3) is 0 Å². The van der Waals surface area contributed by atoms with Gasteiger partial charge in [0, 0.05) is 39.3 Å². The van der Waals surface area contributed by atoms with Crippen LogP contribution in [0.4, 0.5) is 0 Å². The van der Waals surface area contributed by atoms with Crippen molar-refractivity contribution >= 4 is 35.1 Å². The van der Waals surface area contributed by atoms with Crippen molar-refractivity contribution in [1.29, 1.82) is 0 Å². The molecular formula is C30H57FeN3O6+3. The smallest absolute Gasteiger partial charge is 0.342 e. The van der Waals surface area contributed by atoms with Crippen LogP contribution in [0.15, 0.2) is 0 Å². The van der Waals surface area contributed by atoms with E-state index in [0.717, 1.165) is 77.8 Å². The van der Waals surface area contributed by atoms with Gasteiger partial charge in [0.05, 0.1) is 19.3 Å². The number of carbonyl (C=O) groups is 6. The van der Waals surface area contributed by atoms with Gasteiger partial charge >= 0.3 is 17.1 Å². The predicted molar refractivity (Wildman–Crippen MR) is 157 cm³/mol. The second kappa shape index (κ2) is 29.9. The molecule has 9 nitrogen and oxygen atoms in total. The van der Waals surface area contributed by atoms with Gasteiger partial charge in [0.25, 0.3) is 0 Å². The SMILES string of the molecule is CCCN(CCC)C(=O)CC(C)=O.CCCN(CCC)C(=O)CC(C)=O.CCCN(CCC)C(=O)CC(C)=O.[Fe+3]. The first-order chi connectivity index (χ1) is 18.3. The van der Waals surface area contributed by atoms with E-state index in [-0.39, 0.29) is 71.4 Å². The summed E-state index contributed by atoms with van der Waals surface area (Å²) >= 11 is 0. The van der Waals surface area contributed by atoms with Crippen molar-refractivity contribution in [3.05, 3.63) is 0 Å². The van der Waals surface area contributed by atoms with Gasteiger partial charge in [-0.3, -0.25) is 28.8 Å². The first-order valence-corrected chi connectivity index (χ1v) is 14.7. The molecule has 0 saturated heterocycles. The van der Waals surface area contributed by atoms with Crippen molar-refractivity contribution in [3.63, 3.8) is 0 Å². The van der Waals surface area contributed by atoms with Crippen molar-refractivity contribution in [2.45, 2.75) is 120 Å². The maximum atomic E-state index is 11.4. The zero-order valence-corrected chi connectivity index (χ0v) is 27.9.